The first-order valence-electron chi connectivity index (χ1n) is 6.24. The molecular weight excluding hydrogens is 289 g/mol. The number of hydrogen-bond acceptors (Lipinski definition) is 6. The van der Waals surface area contributed by atoms with Gasteiger partial charge in [0.25, 0.3) is 0 Å². The highest BCUT2D eigenvalue weighted by atomic mass is 19.4. The molecule has 0 aliphatic carbocycles. The minimum atomic E-state index is -4.65. The van der Waals surface area contributed by atoms with E-state index in [1.807, 2.05) is 0 Å². The molecular formula is C11H15F3N6O. The first kappa shape index (κ1) is 15.3. The normalized spacial score (nSPS) is 16.0. The van der Waals surface area contributed by atoms with Crippen molar-refractivity contribution < 1.29 is 18.0 Å². The third-order valence-electron chi connectivity index (χ3n) is 3.16. The molecule has 10 heteroatoms. The predicted octanol–water partition coefficient (Wildman–Crippen LogP) is 0.450. The van der Waals surface area contributed by atoms with E-state index < -0.39 is 12.0 Å². The number of rotatable bonds is 2. The average molecular weight is 304 g/mol. The van der Waals surface area contributed by atoms with Crippen LogP contribution in [0.4, 0.5) is 24.8 Å². The number of aromatic nitrogens is 2. The summed E-state index contributed by atoms with van der Waals surface area (Å²) in [5.41, 5.74) is 2.10. The number of piperazine rings is 1. The van der Waals surface area contributed by atoms with Crippen molar-refractivity contribution in [1.29, 1.82) is 0 Å². The van der Waals surface area contributed by atoms with Crippen LogP contribution in [-0.2, 0) is 11.0 Å². The zero-order chi connectivity index (χ0) is 15.6. The van der Waals surface area contributed by atoms with Gasteiger partial charge in [-0.2, -0.15) is 13.2 Å². The number of nitrogens with zero attached hydrogens (tertiary/aromatic N) is 4. The van der Waals surface area contributed by atoms with Crippen LogP contribution in [0.2, 0.25) is 0 Å². The number of carbonyl (C=O) groups is 1. The van der Waals surface area contributed by atoms with Crippen molar-refractivity contribution in [2.24, 2.45) is 5.84 Å². The SMILES string of the molecule is CC(=O)N1CCN(c2cc(NN)nc(C(F)(F)F)n2)CC1. The summed E-state index contributed by atoms with van der Waals surface area (Å²) in [4.78, 5) is 21.4. The van der Waals surface area contributed by atoms with Crippen molar-refractivity contribution in [3.05, 3.63) is 11.9 Å². The molecule has 1 fully saturated rings. The first-order chi connectivity index (χ1) is 9.81. The summed E-state index contributed by atoms with van der Waals surface area (Å²) in [7, 11) is 0. The highest BCUT2D eigenvalue weighted by molar-refractivity contribution is 5.73. The molecule has 3 N–H and O–H groups in total. The molecule has 0 radical (unpaired) electrons. The van der Waals surface area contributed by atoms with E-state index >= 15 is 0 Å². The molecule has 0 saturated carbocycles. The van der Waals surface area contributed by atoms with E-state index in [0.29, 0.717) is 26.2 Å². The van der Waals surface area contributed by atoms with Gasteiger partial charge in [0.05, 0.1) is 0 Å². The molecule has 116 valence electrons. The summed E-state index contributed by atoms with van der Waals surface area (Å²) in [5, 5.41) is 0. The molecule has 0 bridgehead atoms. The van der Waals surface area contributed by atoms with Crippen LogP contribution in [-0.4, -0.2) is 47.0 Å². The lowest BCUT2D eigenvalue weighted by Crippen LogP contribution is -2.48. The Kier molecular flexibility index (Phi) is 4.16. The number of carbonyl (C=O) groups excluding carboxylic acids is 1. The minimum absolute atomic E-state index is 0.0577. The highest BCUT2D eigenvalue weighted by Gasteiger charge is 2.36. The van der Waals surface area contributed by atoms with Crippen LogP contribution in [0.1, 0.15) is 12.7 Å². The molecule has 1 amide bonds. The van der Waals surface area contributed by atoms with Crippen LogP contribution < -0.4 is 16.2 Å². The number of nitrogen functional groups attached to an aromatic ring is 1. The smallest absolute Gasteiger partial charge is 0.353 e. The molecule has 21 heavy (non-hydrogen) atoms. The number of anilines is 2. The van der Waals surface area contributed by atoms with Crippen molar-refractivity contribution in [3.63, 3.8) is 0 Å². The first-order valence-corrected chi connectivity index (χ1v) is 6.24. The van der Waals surface area contributed by atoms with Crippen LogP contribution in [0.5, 0.6) is 0 Å². The largest absolute Gasteiger partial charge is 0.451 e. The molecule has 0 spiro atoms. The molecule has 1 saturated heterocycles. The van der Waals surface area contributed by atoms with Crippen molar-refractivity contribution in [1.82, 2.24) is 14.9 Å². The fourth-order valence-corrected chi connectivity index (χ4v) is 2.05. The topological polar surface area (TPSA) is 87.4 Å². The van der Waals surface area contributed by atoms with Gasteiger partial charge in [-0.1, -0.05) is 0 Å². The van der Waals surface area contributed by atoms with Crippen LogP contribution in [0.15, 0.2) is 6.07 Å². The molecule has 0 aromatic carbocycles. The summed E-state index contributed by atoms with van der Waals surface area (Å²) in [5.74, 6) is 3.86. The second kappa shape index (κ2) is 5.72. The monoisotopic (exact) mass is 304 g/mol. The third-order valence-corrected chi connectivity index (χ3v) is 3.16. The second-order valence-corrected chi connectivity index (χ2v) is 4.57. The zero-order valence-corrected chi connectivity index (χ0v) is 11.3. The number of hydrazine groups is 1. The zero-order valence-electron chi connectivity index (χ0n) is 11.3. The van der Waals surface area contributed by atoms with Gasteiger partial charge in [-0.15, -0.1) is 0 Å². The van der Waals surface area contributed by atoms with Crippen LogP contribution >= 0.6 is 0 Å². The Hall–Kier alpha value is -2.10. The summed E-state index contributed by atoms with van der Waals surface area (Å²) in [6.45, 7) is 3.13. The van der Waals surface area contributed by atoms with Gasteiger partial charge in [-0.3, -0.25) is 4.79 Å². The Morgan fingerprint density at radius 1 is 1.29 bits per heavy atom. The molecule has 0 atom stereocenters. The molecule has 0 unspecified atom stereocenters. The maximum atomic E-state index is 12.8. The summed E-state index contributed by atoms with van der Waals surface area (Å²) in [6, 6.07) is 1.35. The summed E-state index contributed by atoms with van der Waals surface area (Å²) >= 11 is 0. The minimum Gasteiger partial charge on any atom is -0.353 e. The van der Waals surface area contributed by atoms with Crippen molar-refractivity contribution in [2.45, 2.75) is 13.1 Å². The van der Waals surface area contributed by atoms with Crippen molar-refractivity contribution in [2.75, 3.05) is 36.5 Å². The fraction of sp³-hybridized carbons (Fsp3) is 0.545. The van der Waals surface area contributed by atoms with Crippen LogP contribution in [0.3, 0.4) is 0 Å². The van der Waals surface area contributed by atoms with E-state index in [1.54, 1.807) is 9.80 Å². The Morgan fingerprint density at radius 2 is 1.90 bits per heavy atom. The van der Waals surface area contributed by atoms with E-state index in [1.165, 1.54) is 13.0 Å². The van der Waals surface area contributed by atoms with E-state index in [-0.39, 0.29) is 17.5 Å². The van der Waals surface area contributed by atoms with Gasteiger partial charge in [-0.25, -0.2) is 15.8 Å². The molecule has 2 heterocycles. The quantitative estimate of drug-likeness (QED) is 0.609. The molecule has 7 nitrogen and oxygen atoms in total. The van der Waals surface area contributed by atoms with Gasteiger partial charge in [0.1, 0.15) is 11.6 Å². The Balaban J connectivity index is 2.22. The molecule has 1 aromatic rings. The standard InChI is InChI=1S/C11H15F3N6O/c1-7(21)19-2-4-20(5-3-19)9-6-8(18-15)16-10(17-9)11(12,13)14/h6H,2-5,15H2,1H3,(H,16,17,18). The number of amides is 1. The van der Waals surface area contributed by atoms with Gasteiger partial charge < -0.3 is 15.2 Å². The van der Waals surface area contributed by atoms with E-state index in [4.69, 9.17) is 5.84 Å². The van der Waals surface area contributed by atoms with Gasteiger partial charge in [0.2, 0.25) is 11.7 Å². The third kappa shape index (κ3) is 3.51. The van der Waals surface area contributed by atoms with Gasteiger partial charge in [-0.05, 0) is 0 Å². The van der Waals surface area contributed by atoms with E-state index in [0.717, 1.165) is 0 Å². The molecule has 1 aromatic heterocycles. The number of hydrogen-bond donors (Lipinski definition) is 2. The predicted molar refractivity (Wildman–Crippen MR) is 69.3 cm³/mol. The molecule has 1 aliphatic heterocycles. The van der Waals surface area contributed by atoms with E-state index in [2.05, 4.69) is 15.4 Å². The van der Waals surface area contributed by atoms with Crippen LogP contribution in [0.25, 0.3) is 0 Å². The van der Waals surface area contributed by atoms with Gasteiger partial charge in [0, 0.05) is 39.2 Å². The lowest BCUT2D eigenvalue weighted by atomic mass is 10.3. The number of halogens is 3. The number of alkyl halides is 3. The highest BCUT2D eigenvalue weighted by Crippen LogP contribution is 2.29. The summed E-state index contributed by atoms with van der Waals surface area (Å²) < 4.78 is 38.3. The maximum absolute atomic E-state index is 12.8. The molecule has 1 aliphatic rings. The van der Waals surface area contributed by atoms with Crippen molar-refractivity contribution >= 4 is 17.5 Å². The lowest BCUT2D eigenvalue weighted by Gasteiger charge is -2.35. The van der Waals surface area contributed by atoms with Crippen LogP contribution in [0, 0.1) is 0 Å². The Bertz CT molecular complexity index is 527. The lowest BCUT2D eigenvalue weighted by molar-refractivity contribution is -0.144. The fourth-order valence-electron chi connectivity index (χ4n) is 2.05. The number of nitrogens with one attached hydrogen (secondary N) is 1. The Morgan fingerprint density at radius 3 is 2.38 bits per heavy atom. The van der Waals surface area contributed by atoms with E-state index in [9.17, 15) is 18.0 Å². The van der Waals surface area contributed by atoms with Gasteiger partial charge in [0.15, 0.2) is 0 Å². The van der Waals surface area contributed by atoms with Crippen molar-refractivity contribution in [3.8, 4) is 0 Å². The maximum Gasteiger partial charge on any atom is 0.451 e. The summed E-state index contributed by atoms with van der Waals surface area (Å²) in [6.07, 6.45) is -4.65. The molecule has 2 rings (SSSR count). The Labute approximate surface area is 118 Å². The van der Waals surface area contributed by atoms with Gasteiger partial charge >= 0.3 is 6.18 Å². The number of nitrogens with two attached hydrogens (primary N) is 1. The average Bonchev–Trinajstić information content (AvgIpc) is 2.46. The second-order valence-electron chi connectivity index (χ2n) is 4.57.